The summed E-state index contributed by atoms with van der Waals surface area (Å²) in [7, 11) is 0. The van der Waals surface area contributed by atoms with Crippen molar-refractivity contribution >= 4 is 29.0 Å². The summed E-state index contributed by atoms with van der Waals surface area (Å²) < 4.78 is 0. The van der Waals surface area contributed by atoms with Crippen LogP contribution in [0, 0.1) is 5.92 Å². The molecule has 0 spiro atoms. The van der Waals surface area contributed by atoms with E-state index in [4.69, 9.17) is 0 Å². The van der Waals surface area contributed by atoms with Crippen LogP contribution < -0.4 is 15.1 Å². The average Bonchev–Trinajstić information content (AvgIpc) is 3.07. The number of carbonyl (C=O) groups is 2. The molecule has 2 amide bonds. The molecule has 2 aliphatic rings. The van der Waals surface area contributed by atoms with E-state index in [1.165, 1.54) is 4.90 Å². The molecule has 1 N–H and O–H groups in total. The smallest absolute Gasteiger partial charge is 0.259 e. The van der Waals surface area contributed by atoms with Gasteiger partial charge in [0.25, 0.3) is 5.91 Å². The first-order chi connectivity index (χ1) is 12.1. The molecule has 0 aliphatic carbocycles. The molecule has 2 aliphatic heterocycles. The molecule has 1 saturated heterocycles. The molecule has 0 radical (unpaired) electrons. The van der Waals surface area contributed by atoms with Crippen LogP contribution in [0.3, 0.4) is 0 Å². The van der Waals surface area contributed by atoms with Crippen LogP contribution in [0.2, 0.25) is 0 Å². The molecule has 1 fully saturated rings. The summed E-state index contributed by atoms with van der Waals surface area (Å²) in [5, 5.41) is 2.80. The van der Waals surface area contributed by atoms with Crippen molar-refractivity contribution in [3.05, 3.63) is 48.2 Å². The third-order valence-corrected chi connectivity index (χ3v) is 4.76. The predicted octanol–water partition coefficient (Wildman–Crippen LogP) is 2.53. The second-order valence-corrected chi connectivity index (χ2v) is 6.70. The van der Waals surface area contributed by atoms with Crippen LogP contribution >= 0.6 is 0 Å². The van der Waals surface area contributed by atoms with Gasteiger partial charge in [0.05, 0.1) is 11.4 Å². The maximum Gasteiger partial charge on any atom is 0.259 e. The molecule has 128 valence electrons. The summed E-state index contributed by atoms with van der Waals surface area (Å²) in [6.45, 7) is 4.16. The van der Waals surface area contributed by atoms with Crippen LogP contribution in [-0.4, -0.2) is 36.4 Å². The molecule has 0 saturated carbocycles. The highest BCUT2D eigenvalue weighted by atomic mass is 16.2. The highest BCUT2D eigenvalue weighted by molar-refractivity contribution is 6.15. The van der Waals surface area contributed by atoms with E-state index >= 15 is 0 Å². The summed E-state index contributed by atoms with van der Waals surface area (Å²) in [5.41, 5.74) is 1.93. The third-order valence-electron chi connectivity index (χ3n) is 4.76. The molecular weight excluding hydrogens is 316 g/mol. The fourth-order valence-electron chi connectivity index (χ4n) is 3.44. The van der Waals surface area contributed by atoms with Gasteiger partial charge in [0.2, 0.25) is 5.91 Å². The SMILES string of the molecule is CC1CCN(c2cc(C(=O)N3CC(=O)Nc4ccccc43)ccn2)C1. The Balaban J connectivity index is 1.64. The molecular formula is C19H20N4O2. The van der Waals surface area contributed by atoms with Crippen LogP contribution in [0.4, 0.5) is 17.2 Å². The lowest BCUT2D eigenvalue weighted by atomic mass is 10.1. The van der Waals surface area contributed by atoms with Gasteiger partial charge < -0.3 is 10.2 Å². The number of nitrogens with zero attached hydrogens (tertiary/aromatic N) is 3. The molecule has 1 atom stereocenters. The van der Waals surface area contributed by atoms with Gasteiger partial charge in [0, 0.05) is 24.8 Å². The molecule has 4 rings (SSSR count). The first-order valence-corrected chi connectivity index (χ1v) is 8.53. The molecule has 1 aromatic carbocycles. The largest absolute Gasteiger partial charge is 0.356 e. The summed E-state index contributed by atoms with van der Waals surface area (Å²) in [4.78, 5) is 33.2. The van der Waals surface area contributed by atoms with Gasteiger partial charge >= 0.3 is 0 Å². The summed E-state index contributed by atoms with van der Waals surface area (Å²) in [5.74, 6) is 1.09. The average molecular weight is 336 g/mol. The first-order valence-electron chi connectivity index (χ1n) is 8.53. The molecule has 2 aromatic rings. The lowest BCUT2D eigenvalue weighted by Gasteiger charge is -2.29. The number of hydrogen-bond donors (Lipinski definition) is 1. The molecule has 25 heavy (non-hydrogen) atoms. The fraction of sp³-hybridized carbons (Fsp3) is 0.316. The second-order valence-electron chi connectivity index (χ2n) is 6.70. The zero-order chi connectivity index (χ0) is 17.4. The van der Waals surface area contributed by atoms with E-state index in [1.54, 1.807) is 18.3 Å². The lowest BCUT2D eigenvalue weighted by molar-refractivity contribution is -0.115. The zero-order valence-corrected chi connectivity index (χ0v) is 14.1. The van der Waals surface area contributed by atoms with E-state index in [1.807, 2.05) is 24.3 Å². The number of anilines is 3. The van der Waals surface area contributed by atoms with Gasteiger partial charge in [-0.3, -0.25) is 14.5 Å². The number of rotatable bonds is 2. The number of benzene rings is 1. The Morgan fingerprint density at radius 2 is 2.12 bits per heavy atom. The standard InChI is InChI=1S/C19H20N4O2/c1-13-7-9-22(11-13)17-10-14(6-8-20-17)19(25)23-12-18(24)21-15-4-2-3-5-16(15)23/h2-6,8,10,13H,7,9,11-12H2,1H3,(H,21,24). The van der Waals surface area contributed by atoms with Crippen molar-refractivity contribution in [3.8, 4) is 0 Å². The summed E-state index contributed by atoms with van der Waals surface area (Å²) in [6.07, 6.45) is 2.81. The minimum atomic E-state index is -0.185. The Kier molecular flexibility index (Phi) is 3.87. The zero-order valence-electron chi connectivity index (χ0n) is 14.1. The molecule has 1 unspecified atom stereocenters. The highest BCUT2D eigenvalue weighted by Crippen LogP contribution is 2.30. The number of nitrogens with one attached hydrogen (secondary N) is 1. The number of para-hydroxylation sites is 2. The van der Waals surface area contributed by atoms with Gasteiger partial charge in [0.15, 0.2) is 0 Å². The molecule has 6 nitrogen and oxygen atoms in total. The van der Waals surface area contributed by atoms with Crippen LogP contribution in [0.25, 0.3) is 0 Å². The van der Waals surface area contributed by atoms with Crippen molar-refractivity contribution in [2.75, 3.05) is 34.8 Å². The fourth-order valence-corrected chi connectivity index (χ4v) is 3.44. The lowest BCUT2D eigenvalue weighted by Crippen LogP contribution is -2.42. The van der Waals surface area contributed by atoms with Crippen molar-refractivity contribution in [1.29, 1.82) is 0 Å². The van der Waals surface area contributed by atoms with Crippen LogP contribution in [0.5, 0.6) is 0 Å². The van der Waals surface area contributed by atoms with E-state index in [0.717, 1.165) is 31.0 Å². The predicted molar refractivity (Wildman–Crippen MR) is 97.0 cm³/mol. The van der Waals surface area contributed by atoms with E-state index in [-0.39, 0.29) is 18.4 Å². The molecule has 6 heteroatoms. The Morgan fingerprint density at radius 1 is 1.28 bits per heavy atom. The van der Waals surface area contributed by atoms with E-state index in [0.29, 0.717) is 17.2 Å². The first kappa shape index (κ1) is 15.6. The second kappa shape index (κ2) is 6.20. The van der Waals surface area contributed by atoms with E-state index in [9.17, 15) is 9.59 Å². The van der Waals surface area contributed by atoms with Gasteiger partial charge in [-0.15, -0.1) is 0 Å². The number of fused-ring (bicyclic) bond motifs is 1. The Hall–Kier alpha value is -2.89. The monoisotopic (exact) mass is 336 g/mol. The van der Waals surface area contributed by atoms with Gasteiger partial charge in [-0.05, 0) is 36.6 Å². The minimum absolute atomic E-state index is 0.0221. The van der Waals surface area contributed by atoms with Crippen molar-refractivity contribution in [2.24, 2.45) is 5.92 Å². The maximum absolute atomic E-state index is 13.0. The topological polar surface area (TPSA) is 65.5 Å². The van der Waals surface area contributed by atoms with Crippen molar-refractivity contribution in [3.63, 3.8) is 0 Å². The van der Waals surface area contributed by atoms with Crippen LogP contribution in [0.15, 0.2) is 42.6 Å². The van der Waals surface area contributed by atoms with Gasteiger partial charge in [-0.25, -0.2) is 4.98 Å². The number of carbonyl (C=O) groups excluding carboxylic acids is 2. The number of pyridine rings is 1. The van der Waals surface area contributed by atoms with Gasteiger partial charge in [0.1, 0.15) is 12.4 Å². The maximum atomic E-state index is 13.0. The summed E-state index contributed by atoms with van der Waals surface area (Å²) in [6, 6.07) is 10.9. The van der Waals surface area contributed by atoms with Crippen molar-refractivity contribution < 1.29 is 9.59 Å². The Morgan fingerprint density at radius 3 is 2.92 bits per heavy atom. The normalized spacial score (nSPS) is 19.6. The number of amides is 2. The Bertz CT molecular complexity index is 836. The van der Waals surface area contributed by atoms with Crippen molar-refractivity contribution in [1.82, 2.24) is 4.98 Å². The van der Waals surface area contributed by atoms with Gasteiger partial charge in [-0.1, -0.05) is 19.1 Å². The third kappa shape index (κ3) is 2.95. The van der Waals surface area contributed by atoms with Crippen LogP contribution in [-0.2, 0) is 4.79 Å². The summed E-state index contributed by atoms with van der Waals surface area (Å²) >= 11 is 0. The molecule has 1 aromatic heterocycles. The molecule has 3 heterocycles. The van der Waals surface area contributed by atoms with E-state index < -0.39 is 0 Å². The Labute approximate surface area is 146 Å². The minimum Gasteiger partial charge on any atom is -0.356 e. The van der Waals surface area contributed by atoms with Gasteiger partial charge in [-0.2, -0.15) is 0 Å². The molecule has 0 bridgehead atoms. The van der Waals surface area contributed by atoms with Crippen molar-refractivity contribution in [2.45, 2.75) is 13.3 Å². The van der Waals surface area contributed by atoms with Crippen LogP contribution in [0.1, 0.15) is 23.7 Å². The highest BCUT2D eigenvalue weighted by Gasteiger charge is 2.28. The quantitative estimate of drug-likeness (QED) is 0.915. The number of hydrogen-bond acceptors (Lipinski definition) is 4. The van der Waals surface area contributed by atoms with E-state index in [2.05, 4.69) is 22.1 Å². The number of aromatic nitrogens is 1.